The summed E-state index contributed by atoms with van der Waals surface area (Å²) in [7, 11) is 0. The number of carbonyl (C=O) groups excluding carboxylic acids is 1. The van der Waals surface area contributed by atoms with E-state index in [-0.39, 0.29) is 18.4 Å². The van der Waals surface area contributed by atoms with Gasteiger partial charge in [-0.3, -0.25) is 4.79 Å². The summed E-state index contributed by atoms with van der Waals surface area (Å²) in [6.07, 6.45) is 3.41. The fraction of sp³-hybridized carbons (Fsp3) is 0.818. The van der Waals surface area contributed by atoms with E-state index in [1.54, 1.807) is 0 Å². The van der Waals surface area contributed by atoms with Crippen LogP contribution in [0.15, 0.2) is 0 Å². The van der Waals surface area contributed by atoms with Crippen LogP contribution < -0.4 is 0 Å². The van der Waals surface area contributed by atoms with Crippen molar-refractivity contribution in [2.45, 2.75) is 38.7 Å². The molecule has 0 saturated carbocycles. The minimum absolute atomic E-state index is 0.0428. The minimum atomic E-state index is 0.0428. The monoisotopic (exact) mass is 253 g/mol. The van der Waals surface area contributed by atoms with Crippen LogP contribution in [0.25, 0.3) is 0 Å². The second-order valence-corrected chi connectivity index (χ2v) is 4.48. The molecule has 0 aliphatic carbocycles. The van der Waals surface area contributed by atoms with Crippen molar-refractivity contribution in [2.75, 3.05) is 19.7 Å². The van der Waals surface area contributed by atoms with Gasteiger partial charge < -0.3 is 9.64 Å². The molecule has 0 unspecified atom stereocenters. The number of amides is 1. The Kier molecular flexibility index (Phi) is 4.63. The predicted molar refractivity (Wildman–Crippen MR) is 63.7 cm³/mol. The van der Waals surface area contributed by atoms with Gasteiger partial charge in [0.1, 0.15) is 0 Å². The molecule has 1 aromatic rings. The standard InChI is InChI=1S/C11H19N5O2/c1-2-6-18-9-4-3-5-16(8-9)11(17)7-10-12-14-15-13-10/h9H,2-8H2,1H3,(H,12,13,14,15)/t9-/m1/s1. The molecule has 1 atom stereocenters. The van der Waals surface area contributed by atoms with Gasteiger partial charge in [0.05, 0.1) is 12.5 Å². The molecule has 18 heavy (non-hydrogen) atoms. The van der Waals surface area contributed by atoms with E-state index in [1.807, 2.05) is 4.90 Å². The number of rotatable bonds is 5. The van der Waals surface area contributed by atoms with E-state index in [2.05, 4.69) is 27.5 Å². The van der Waals surface area contributed by atoms with Gasteiger partial charge in [0, 0.05) is 19.7 Å². The van der Waals surface area contributed by atoms with Crippen molar-refractivity contribution < 1.29 is 9.53 Å². The maximum absolute atomic E-state index is 12.0. The molecule has 1 N–H and O–H groups in total. The fourth-order valence-electron chi connectivity index (χ4n) is 2.09. The molecule has 1 fully saturated rings. The van der Waals surface area contributed by atoms with E-state index in [9.17, 15) is 4.79 Å². The minimum Gasteiger partial charge on any atom is -0.376 e. The van der Waals surface area contributed by atoms with Crippen molar-refractivity contribution in [3.63, 3.8) is 0 Å². The molecule has 100 valence electrons. The molecular formula is C11H19N5O2. The van der Waals surface area contributed by atoms with Gasteiger partial charge in [-0.25, -0.2) is 0 Å². The lowest BCUT2D eigenvalue weighted by atomic mass is 10.1. The molecule has 1 aromatic heterocycles. The first-order valence-electron chi connectivity index (χ1n) is 6.41. The second-order valence-electron chi connectivity index (χ2n) is 4.48. The Balaban J connectivity index is 1.82. The summed E-state index contributed by atoms with van der Waals surface area (Å²) in [5.41, 5.74) is 0. The van der Waals surface area contributed by atoms with Gasteiger partial charge in [-0.15, -0.1) is 10.2 Å². The smallest absolute Gasteiger partial charge is 0.230 e. The van der Waals surface area contributed by atoms with Gasteiger partial charge in [0.15, 0.2) is 5.82 Å². The summed E-state index contributed by atoms with van der Waals surface area (Å²) >= 11 is 0. The van der Waals surface area contributed by atoms with E-state index in [4.69, 9.17) is 4.74 Å². The van der Waals surface area contributed by atoms with Crippen LogP contribution in [0.5, 0.6) is 0 Å². The van der Waals surface area contributed by atoms with Crippen molar-refractivity contribution in [3.05, 3.63) is 5.82 Å². The van der Waals surface area contributed by atoms with Gasteiger partial charge >= 0.3 is 0 Å². The Morgan fingerprint density at radius 1 is 1.61 bits per heavy atom. The van der Waals surface area contributed by atoms with Crippen LogP contribution in [0.3, 0.4) is 0 Å². The number of aromatic nitrogens is 4. The molecule has 1 aliphatic heterocycles. The van der Waals surface area contributed by atoms with Crippen molar-refractivity contribution in [1.82, 2.24) is 25.5 Å². The third kappa shape index (κ3) is 3.49. The molecule has 0 aromatic carbocycles. The van der Waals surface area contributed by atoms with Crippen LogP contribution in [0, 0.1) is 0 Å². The van der Waals surface area contributed by atoms with E-state index < -0.39 is 0 Å². The largest absolute Gasteiger partial charge is 0.376 e. The van der Waals surface area contributed by atoms with E-state index in [0.29, 0.717) is 12.4 Å². The third-order valence-electron chi connectivity index (χ3n) is 2.99. The van der Waals surface area contributed by atoms with Gasteiger partial charge in [0.25, 0.3) is 0 Å². The van der Waals surface area contributed by atoms with Crippen LogP contribution in [0.1, 0.15) is 32.0 Å². The number of nitrogens with zero attached hydrogens (tertiary/aromatic N) is 4. The van der Waals surface area contributed by atoms with Gasteiger partial charge in [-0.2, -0.15) is 5.21 Å². The number of aromatic amines is 1. The molecule has 7 heteroatoms. The lowest BCUT2D eigenvalue weighted by molar-refractivity contribution is -0.134. The number of carbonyl (C=O) groups is 1. The van der Waals surface area contributed by atoms with Crippen LogP contribution in [-0.2, 0) is 16.0 Å². The highest BCUT2D eigenvalue weighted by atomic mass is 16.5. The average molecular weight is 253 g/mol. The summed E-state index contributed by atoms with van der Waals surface area (Å²) in [6.45, 7) is 4.32. The Morgan fingerprint density at radius 3 is 3.22 bits per heavy atom. The SMILES string of the molecule is CCCO[C@@H]1CCCN(C(=O)Cc2nn[nH]n2)C1. The van der Waals surface area contributed by atoms with Crippen LogP contribution in [0.2, 0.25) is 0 Å². The molecular weight excluding hydrogens is 234 g/mol. The second kappa shape index (κ2) is 6.44. The number of likely N-dealkylation sites (tertiary alicyclic amines) is 1. The number of hydrogen-bond acceptors (Lipinski definition) is 5. The molecule has 7 nitrogen and oxygen atoms in total. The number of ether oxygens (including phenoxy) is 1. The molecule has 1 aliphatic rings. The number of hydrogen-bond donors (Lipinski definition) is 1. The quantitative estimate of drug-likeness (QED) is 0.808. The van der Waals surface area contributed by atoms with Gasteiger partial charge in [-0.1, -0.05) is 12.1 Å². The summed E-state index contributed by atoms with van der Waals surface area (Å²) in [5, 5.41) is 13.4. The highest BCUT2D eigenvalue weighted by Crippen LogP contribution is 2.14. The zero-order chi connectivity index (χ0) is 12.8. The van der Waals surface area contributed by atoms with E-state index >= 15 is 0 Å². The molecule has 0 bridgehead atoms. The third-order valence-corrected chi connectivity index (χ3v) is 2.99. The van der Waals surface area contributed by atoms with Crippen molar-refractivity contribution in [1.29, 1.82) is 0 Å². The molecule has 2 heterocycles. The van der Waals surface area contributed by atoms with Crippen LogP contribution in [-0.4, -0.2) is 57.2 Å². The zero-order valence-electron chi connectivity index (χ0n) is 10.6. The Bertz CT molecular complexity index is 368. The maximum atomic E-state index is 12.0. The molecule has 0 radical (unpaired) electrons. The highest BCUT2D eigenvalue weighted by Gasteiger charge is 2.24. The normalized spacial score (nSPS) is 20.1. The first kappa shape index (κ1) is 12.9. The Morgan fingerprint density at radius 2 is 2.50 bits per heavy atom. The van der Waals surface area contributed by atoms with Crippen molar-refractivity contribution >= 4 is 5.91 Å². The number of H-pyrrole nitrogens is 1. The summed E-state index contributed by atoms with van der Waals surface area (Å²) in [5.74, 6) is 0.484. The summed E-state index contributed by atoms with van der Waals surface area (Å²) in [6, 6.07) is 0. The molecule has 1 saturated heterocycles. The predicted octanol–water partition coefficient (Wildman–Crippen LogP) is 0.160. The lowest BCUT2D eigenvalue weighted by Crippen LogP contribution is -2.44. The van der Waals surface area contributed by atoms with Crippen molar-refractivity contribution in [3.8, 4) is 0 Å². The van der Waals surface area contributed by atoms with E-state index in [0.717, 1.165) is 32.4 Å². The summed E-state index contributed by atoms with van der Waals surface area (Å²) in [4.78, 5) is 13.9. The summed E-state index contributed by atoms with van der Waals surface area (Å²) < 4.78 is 5.70. The maximum Gasteiger partial charge on any atom is 0.230 e. The number of nitrogens with one attached hydrogen (secondary N) is 1. The van der Waals surface area contributed by atoms with Gasteiger partial charge in [0.2, 0.25) is 5.91 Å². The lowest BCUT2D eigenvalue weighted by Gasteiger charge is -2.32. The fourth-order valence-corrected chi connectivity index (χ4v) is 2.09. The Labute approximate surface area is 106 Å². The number of tetrazole rings is 1. The Hall–Kier alpha value is -1.50. The van der Waals surface area contributed by atoms with Crippen LogP contribution in [0.4, 0.5) is 0 Å². The zero-order valence-corrected chi connectivity index (χ0v) is 10.6. The first-order chi connectivity index (χ1) is 8.79. The molecule has 1 amide bonds. The number of piperidine rings is 1. The van der Waals surface area contributed by atoms with Crippen molar-refractivity contribution in [2.24, 2.45) is 0 Å². The molecule has 0 spiro atoms. The topological polar surface area (TPSA) is 84.0 Å². The van der Waals surface area contributed by atoms with Gasteiger partial charge in [-0.05, 0) is 19.3 Å². The van der Waals surface area contributed by atoms with Crippen LogP contribution >= 0.6 is 0 Å². The molecule has 2 rings (SSSR count). The van der Waals surface area contributed by atoms with E-state index in [1.165, 1.54) is 0 Å². The average Bonchev–Trinajstić information content (AvgIpc) is 2.89. The highest BCUT2D eigenvalue weighted by molar-refractivity contribution is 5.78. The first-order valence-corrected chi connectivity index (χ1v) is 6.41.